The quantitative estimate of drug-likeness (QED) is 0.577. The van der Waals surface area contributed by atoms with E-state index < -0.39 is 0 Å². The van der Waals surface area contributed by atoms with Crippen LogP contribution in [0.1, 0.15) is 43.7 Å². The van der Waals surface area contributed by atoms with Gasteiger partial charge < -0.3 is 9.64 Å². The van der Waals surface area contributed by atoms with Crippen molar-refractivity contribution in [3.8, 4) is 17.0 Å². The minimum Gasteiger partial charge on any atom is -0.482 e. The topological polar surface area (TPSA) is 51.4 Å². The van der Waals surface area contributed by atoms with Crippen molar-refractivity contribution in [2.45, 2.75) is 57.8 Å². The summed E-state index contributed by atoms with van der Waals surface area (Å²) in [5.74, 6) is 1.01. The molecule has 7 nitrogen and oxygen atoms in total. The van der Waals surface area contributed by atoms with Gasteiger partial charge in [-0.25, -0.2) is 0 Å². The van der Waals surface area contributed by atoms with Gasteiger partial charge in [0.2, 0.25) is 0 Å². The highest BCUT2D eigenvalue weighted by Crippen LogP contribution is 2.49. The molecule has 2 fully saturated rings. The Bertz CT molecular complexity index is 1100. The molecule has 0 atom stereocenters. The van der Waals surface area contributed by atoms with Crippen molar-refractivity contribution in [2.24, 2.45) is 0 Å². The maximum absolute atomic E-state index is 6.79. The third-order valence-electron chi connectivity index (χ3n) is 7.69. The summed E-state index contributed by atoms with van der Waals surface area (Å²) in [6.45, 7) is 10.5. The molecule has 0 N–H and O–H groups in total. The summed E-state index contributed by atoms with van der Waals surface area (Å²) in [4.78, 5) is 5.10. The summed E-state index contributed by atoms with van der Waals surface area (Å²) in [6, 6.07) is 8.52. The Morgan fingerprint density at radius 2 is 1.76 bits per heavy atom. The van der Waals surface area contributed by atoms with E-state index in [0.717, 1.165) is 57.9 Å². The molecule has 174 valence electrons. The first kappa shape index (κ1) is 20.9. The van der Waals surface area contributed by atoms with Gasteiger partial charge in [-0.05, 0) is 45.0 Å². The fraction of sp³-hybridized carbons (Fsp3) is 0.538. The van der Waals surface area contributed by atoms with Crippen LogP contribution in [0, 0.1) is 0 Å². The van der Waals surface area contributed by atoms with Crippen LogP contribution in [-0.4, -0.2) is 62.1 Å². The summed E-state index contributed by atoms with van der Waals surface area (Å²) in [6.07, 6.45) is 10.9. The summed E-state index contributed by atoms with van der Waals surface area (Å²) in [5, 5.41) is 9.33. The van der Waals surface area contributed by atoms with Gasteiger partial charge >= 0.3 is 0 Å². The molecule has 1 spiro atoms. The zero-order valence-corrected chi connectivity index (χ0v) is 19.6. The van der Waals surface area contributed by atoms with Gasteiger partial charge in [-0.1, -0.05) is 12.1 Å². The molecule has 2 aromatic heterocycles. The van der Waals surface area contributed by atoms with Gasteiger partial charge in [0.25, 0.3) is 0 Å². The van der Waals surface area contributed by atoms with Crippen molar-refractivity contribution < 1.29 is 4.74 Å². The van der Waals surface area contributed by atoms with Crippen LogP contribution in [0.5, 0.6) is 5.75 Å². The van der Waals surface area contributed by atoms with E-state index in [4.69, 9.17) is 9.84 Å². The Kier molecular flexibility index (Phi) is 5.46. The summed E-state index contributed by atoms with van der Waals surface area (Å²) >= 11 is 0. The molecular formula is C26H34N6O. The number of nitrogens with zero attached hydrogens (tertiary/aromatic N) is 6. The van der Waals surface area contributed by atoms with E-state index in [1.54, 1.807) is 0 Å². The fourth-order valence-corrected chi connectivity index (χ4v) is 5.79. The van der Waals surface area contributed by atoms with E-state index in [0.29, 0.717) is 0 Å². The lowest BCUT2D eigenvalue weighted by molar-refractivity contribution is -0.00696. The predicted octanol–water partition coefficient (Wildman–Crippen LogP) is 3.75. The second-order valence-electron chi connectivity index (χ2n) is 9.75. The summed E-state index contributed by atoms with van der Waals surface area (Å²) in [5.41, 5.74) is 4.75. The zero-order valence-electron chi connectivity index (χ0n) is 19.6. The van der Waals surface area contributed by atoms with Crippen LogP contribution in [-0.2, 0) is 25.2 Å². The molecule has 1 aromatic carbocycles. The van der Waals surface area contributed by atoms with Crippen molar-refractivity contribution in [1.29, 1.82) is 0 Å². The first-order valence-electron chi connectivity index (χ1n) is 12.5. The number of para-hydroxylation sites is 1. The Labute approximate surface area is 195 Å². The number of aryl methyl sites for hydroxylation is 1. The van der Waals surface area contributed by atoms with E-state index in [1.165, 1.54) is 48.3 Å². The van der Waals surface area contributed by atoms with E-state index >= 15 is 0 Å². The molecule has 0 radical (unpaired) electrons. The molecular weight excluding hydrogens is 412 g/mol. The van der Waals surface area contributed by atoms with Crippen LogP contribution in [0.15, 0.2) is 42.9 Å². The Balaban J connectivity index is 1.24. The van der Waals surface area contributed by atoms with Gasteiger partial charge in [-0.3, -0.25) is 14.3 Å². The fourth-order valence-electron chi connectivity index (χ4n) is 5.79. The van der Waals surface area contributed by atoms with Crippen LogP contribution in [0.2, 0.25) is 0 Å². The lowest BCUT2D eigenvalue weighted by atomic mass is 9.81. The van der Waals surface area contributed by atoms with E-state index in [-0.39, 0.29) is 5.60 Å². The first-order valence-corrected chi connectivity index (χ1v) is 12.5. The summed E-state index contributed by atoms with van der Waals surface area (Å²) < 4.78 is 11.0. The highest BCUT2D eigenvalue weighted by Gasteiger charge is 2.45. The molecule has 33 heavy (non-hydrogen) atoms. The second-order valence-corrected chi connectivity index (χ2v) is 9.75. The summed E-state index contributed by atoms with van der Waals surface area (Å²) in [7, 11) is 0. The molecule has 0 saturated carbocycles. The number of aromatic nitrogens is 4. The van der Waals surface area contributed by atoms with Crippen LogP contribution >= 0.6 is 0 Å². The van der Waals surface area contributed by atoms with E-state index in [2.05, 4.69) is 63.2 Å². The molecule has 3 aliphatic rings. The highest BCUT2D eigenvalue weighted by atomic mass is 16.5. The largest absolute Gasteiger partial charge is 0.482 e. The van der Waals surface area contributed by atoms with Gasteiger partial charge in [0.15, 0.2) is 0 Å². The van der Waals surface area contributed by atoms with Crippen molar-refractivity contribution in [3.63, 3.8) is 0 Å². The van der Waals surface area contributed by atoms with Crippen molar-refractivity contribution in [1.82, 2.24) is 29.4 Å². The molecule has 2 saturated heterocycles. The van der Waals surface area contributed by atoms with Gasteiger partial charge in [-0.2, -0.15) is 10.2 Å². The van der Waals surface area contributed by atoms with Crippen LogP contribution in [0.3, 0.4) is 0 Å². The molecule has 7 heteroatoms. The molecule has 6 rings (SSSR count). The standard InChI is InChI=1S/C26H34N6O/c1-2-31-20-21(17-27-31)19-30-13-9-26(10-14-30)23-18-28-32(16-15-29-11-5-6-12-29)25(23)22-7-3-4-8-24(22)33-26/h3-4,7-8,17-18,20H,2,5-6,9-16,19H2,1H3. The molecule has 0 bridgehead atoms. The number of hydrogen-bond acceptors (Lipinski definition) is 5. The smallest absolute Gasteiger partial charge is 0.140 e. The van der Waals surface area contributed by atoms with Crippen molar-refractivity contribution in [2.75, 3.05) is 32.7 Å². The first-order chi connectivity index (χ1) is 16.2. The Morgan fingerprint density at radius 3 is 2.55 bits per heavy atom. The van der Waals surface area contributed by atoms with E-state index in [1.807, 2.05) is 10.9 Å². The number of ether oxygens (including phenoxy) is 1. The molecule has 0 amide bonds. The molecule has 3 aliphatic heterocycles. The predicted molar refractivity (Wildman–Crippen MR) is 128 cm³/mol. The number of fused-ring (bicyclic) bond motifs is 4. The minimum absolute atomic E-state index is 0.278. The molecule has 3 aromatic rings. The van der Waals surface area contributed by atoms with Gasteiger partial charge in [0.1, 0.15) is 11.4 Å². The highest BCUT2D eigenvalue weighted by molar-refractivity contribution is 5.73. The Hall–Kier alpha value is -2.64. The SMILES string of the molecule is CCn1cc(CN2CCC3(CC2)Oc2ccccc2-c2c3cnn2CCN2CCCC2)cn1. The third kappa shape index (κ3) is 3.87. The Morgan fingerprint density at radius 1 is 0.939 bits per heavy atom. The van der Waals surface area contributed by atoms with Gasteiger partial charge in [0.05, 0.1) is 24.6 Å². The average Bonchev–Trinajstić information content (AvgIpc) is 3.61. The molecule has 0 aliphatic carbocycles. The molecule has 0 unspecified atom stereocenters. The van der Waals surface area contributed by atoms with Crippen LogP contribution in [0.25, 0.3) is 11.3 Å². The van der Waals surface area contributed by atoms with Crippen LogP contribution in [0.4, 0.5) is 0 Å². The number of benzene rings is 1. The lowest BCUT2D eigenvalue weighted by Crippen LogP contribution is -2.47. The number of likely N-dealkylation sites (tertiary alicyclic amines) is 2. The minimum atomic E-state index is -0.278. The van der Waals surface area contributed by atoms with Crippen molar-refractivity contribution >= 4 is 0 Å². The number of hydrogen-bond donors (Lipinski definition) is 0. The second kappa shape index (κ2) is 8.61. The lowest BCUT2D eigenvalue weighted by Gasteiger charge is -2.44. The van der Waals surface area contributed by atoms with Crippen LogP contribution < -0.4 is 4.74 Å². The van der Waals surface area contributed by atoms with Gasteiger partial charge in [0, 0.05) is 68.5 Å². The van der Waals surface area contributed by atoms with E-state index in [9.17, 15) is 0 Å². The van der Waals surface area contributed by atoms with Crippen molar-refractivity contribution in [3.05, 3.63) is 54.0 Å². The number of rotatable bonds is 6. The maximum atomic E-state index is 6.79. The monoisotopic (exact) mass is 446 g/mol. The maximum Gasteiger partial charge on any atom is 0.140 e. The third-order valence-corrected chi connectivity index (χ3v) is 7.69. The average molecular weight is 447 g/mol. The normalized spacial score (nSPS) is 20.0. The number of piperidine rings is 1. The molecule has 5 heterocycles. The zero-order chi connectivity index (χ0) is 22.3. The van der Waals surface area contributed by atoms with Gasteiger partial charge in [-0.15, -0.1) is 0 Å².